The van der Waals surface area contributed by atoms with E-state index < -0.39 is 23.6 Å². The van der Waals surface area contributed by atoms with Crippen LogP contribution in [-0.4, -0.2) is 32.9 Å². The highest BCUT2D eigenvalue weighted by Gasteiger charge is 2.43. The van der Waals surface area contributed by atoms with Crippen LogP contribution in [-0.2, 0) is 10.0 Å². The van der Waals surface area contributed by atoms with Gasteiger partial charge in [0.05, 0.1) is 10.4 Å². The SMILES string of the molecule is C=CCN(C(C)(C)C#C[Si](C(C)C)(C(C)C)C(C)C)S(=O)(=O)c1ccc(C)cc1. The Morgan fingerprint density at radius 1 is 1.03 bits per heavy atom. The topological polar surface area (TPSA) is 37.4 Å². The minimum Gasteiger partial charge on any atom is -0.207 e. The van der Waals surface area contributed by atoms with E-state index in [0.29, 0.717) is 21.5 Å². The molecule has 3 nitrogen and oxygen atoms in total. The highest BCUT2D eigenvalue weighted by Crippen LogP contribution is 2.41. The first-order chi connectivity index (χ1) is 13.2. The fourth-order valence-electron chi connectivity index (χ4n) is 4.34. The number of hydrogen-bond donors (Lipinski definition) is 0. The molecule has 0 N–H and O–H groups in total. The van der Waals surface area contributed by atoms with Crippen molar-refractivity contribution in [3.8, 4) is 11.5 Å². The fraction of sp³-hybridized carbons (Fsp3) is 0.583. The predicted molar refractivity (Wildman–Crippen MR) is 128 cm³/mol. The highest BCUT2D eigenvalue weighted by molar-refractivity contribution is 7.89. The molecule has 1 rings (SSSR count). The van der Waals surface area contributed by atoms with Crippen LogP contribution in [0.25, 0.3) is 0 Å². The summed E-state index contributed by atoms with van der Waals surface area (Å²) < 4.78 is 28.3. The Kier molecular flexibility index (Phi) is 8.53. The molecule has 0 heterocycles. The Balaban J connectivity index is 3.55. The monoisotopic (exact) mass is 433 g/mol. The van der Waals surface area contributed by atoms with Crippen LogP contribution in [0.2, 0.25) is 16.6 Å². The van der Waals surface area contributed by atoms with Crippen molar-refractivity contribution in [3.63, 3.8) is 0 Å². The van der Waals surface area contributed by atoms with Gasteiger partial charge < -0.3 is 0 Å². The summed E-state index contributed by atoms with van der Waals surface area (Å²) in [6, 6.07) is 6.98. The summed E-state index contributed by atoms with van der Waals surface area (Å²) in [7, 11) is -5.65. The van der Waals surface area contributed by atoms with Crippen molar-refractivity contribution in [1.82, 2.24) is 4.31 Å². The molecule has 1 aromatic carbocycles. The van der Waals surface area contributed by atoms with Crippen LogP contribution in [0.4, 0.5) is 0 Å². The van der Waals surface area contributed by atoms with Crippen molar-refractivity contribution in [2.75, 3.05) is 6.54 Å². The molecule has 0 aliphatic heterocycles. The lowest BCUT2D eigenvalue weighted by Crippen LogP contribution is -2.48. The summed E-state index contributed by atoms with van der Waals surface area (Å²) in [5.41, 5.74) is 5.36. The Morgan fingerprint density at radius 3 is 1.86 bits per heavy atom. The van der Waals surface area contributed by atoms with E-state index in [0.717, 1.165) is 5.56 Å². The molecule has 0 aromatic heterocycles. The van der Waals surface area contributed by atoms with Gasteiger partial charge in [0.25, 0.3) is 0 Å². The molecule has 0 atom stereocenters. The second-order valence-corrected chi connectivity index (χ2v) is 16.8. The fourth-order valence-corrected chi connectivity index (χ4v) is 11.4. The van der Waals surface area contributed by atoms with Gasteiger partial charge in [-0.3, -0.25) is 0 Å². The smallest absolute Gasteiger partial charge is 0.207 e. The van der Waals surface area contributed by atoms with E-state index in [9.17, 15) is 8.42 Å². The van der Waals surface area contributed by atoms with Gasteiger partial charge in [-0.15, -0.1) is 12.1 Å². The molecule has 29 heavy (non-hydrogen) atoms. The van der Waals surface area contributed by atoms with Crippen molar-refractivity contribution in [2.24, 2.45) is 0 Å². The minimum atomic E-state index is -3.69. The lowest BCUT2D eigenvalue weighted by atomic mass is 10.1. The molecule has 0 saturated carbocycles. The number of rotatable bonds is 8. The van der Waals surface area contributed by atoms with Gasteiger partial charge in [-0.25, -0.2) is 8.42 Å². The second-order valence-electron chi connectivity index (χ2n) is 9.34. The first-order valence-electron chi connectivity index (χ1n) is 10.5. The Hall–Kier alpha value is -1.35. The van der Waals surface area contributed by atoms with E-state index in [2.05, 4.69) is 59.6 Å². The third-order valence-corrected chi connectivity index (χ3v) is 14.3. The number of benzene rings is 1. The summed E-state index contributed by atoms with van der Waals surface area (Å²) in [5.74, 6) is 3.43. The van der Waals surface area contributed by atoms with Gasteiger partial charge >= 0.3 is 0 Å². The molecule has 0 bridgehead atoms. The van der Waals surface area contributed by atoms with E-state index >= 15 is 0 Å². The Bertz CT molecular complexity index is 835. The van der Waals surface area contributed by atoms with Crippen molar-refractivity contribution < 1.29 is 8.42 Å². The molecule has 0 amide bonds. The van der Waals surface area contributed by atoms with Gasteiger partial charge in [-0.2, -0.15) is 4.31 Å². The molecule has 1 aromatic rings. The van der Waals surface area contributed by atoms with Crippen LogP contribution in [0.5, 0.6) is 0 Å². The van der Waals surface area contributed by atoms with Gasteiger partial charge in [0, 0.05) is 6.54 Å². The first kappa shape index (κ1) is 25.7. The van der Waals surface area contributed by atoms with Gasteiger partial charge in [-0.05, 0) is 49.5 Å². The van der Waals surface area contributed by atoms with Crippen molar-refractivity contribution in [1.29, 1.82) is 0 Å². The second kappa shape index (κ2) is 9.64. The Labute approximate surface area is 180 Å². The van der Waals surface area contributed by atoms with Crippen LogP contribution < -0.4 is 0 Å². The molecule has 0 spiro atoms. The zero-order valence-electron chi connectivity index (χ0n) is 19.7. The number of nitrogens with zero attached hydrogens (tertiary/aromatic N) is 1. The summed E-state index contributed by atoms with van der Waals surface area (Å²) in [6.07, 6.45) is 1.63. The zero-order chi connectivity index (χ0) is 22.6. The Morgan fingerprint density at radius 2 is 1.48 bits per heavy atom. The van der Waals surface area contributed by atoms with Crippen LogP contribution in [0.1, 0.15) is 61.0 Å². The van der Waals surface area contributed by atoms with Crippen LogP contribution in [0, 0.1) is 18.4 Å². The third kappa shape index (κ3) is 5.42. The maximum absolute atomic E-state index is 13.4. The maximum atomic E-state index is 13.4. The molecule has 0 unspecified atom stereocenters. The minimum absolute atomic E-state index is 0.220. The lowest BCUT2D eigenvalue weighted by Gasteiger charge is -2.39. The van der Waals surface area contributed by atoms with Gasteiger partial charge in [0.2, 0.25) is 10.0 Å². The number of hydrogen-bond acceptors (Lipinski definition) is 2. The third-order valence-electron chi connectivity index (χ3n) is 5.98. The first-order valence-corrected chi connectivity index (χ1v) is 14.1. The van der Waals surface area contributed by atoms with E-state index in [1.807, 2.05) is 32.9 Å². The molecule has 0 aliphatic rings. The van der Waals surface area contributed by atoms with Crippen LogP contribution in [0.15, 0.2) is 41.8 Å². The van der Waals surface area contributed by atoms with E-state index in [1.54, 1.807) is 18.2 Å². The van der Waals surface area contributed by atoms with Gasteiger partial charge in [0.15, 0.2) is 0 Å². The summed E-state index contributed by atoms with van der Waals surface area (Å²) in [5, 5.41) is 0. The molecule has 0 aliphatic carbocycles. The largest absolute Gasteiger partial charge is 0.244 e. The highest BCUT2D eigenvalue weighted by atomic mass is 32.2. The molecule has 0 radical (unpaired) electrons. The number of aryl methyl sites for hydroxylation is 1. The average molecular weight is 434 g/mol. The molecular formula is C24H39NO2SSi. The number of sulfonamides is 1. The summed E-state index contributed by atoms with van der Waals surface area (Å²) in [6.45, 7) is 23.3. The lowest BCUT2D eigenvalue weighted by molar-refractivity contribution is 0.315. The van der Waals surface area contributed by atoms with Crippen LogP contribution in [0.3, 0.4) is 0 Å². The van der Waals surface area contributed by atoms with Crippen molar-refractivity contribution in [2.45, 2.75) is 89.4 Å². The predicted octanol–water partition coefficient (Wildman–Crippen LogP) is 6.17. The van der Waals surface area contributed by atoms with Gasteiger partial charge in [0.1, 0.15) is 8.07 Å². The standard InChI is InChI=1S/C24H39NO2SSi/c1-11-17-25(28(26,27)23-14-12-22(8)13-15-23)24(9,10)16-18-29(19(2)3,20(4)5)21(6)7/h11-15,19-21H,1,17H2,2-10H3. The quantitative estimate of drug-likeness (QED) is 0.279. The molecule has 0 saturated heterocycles. The van der Waals surface area contributed by atoms with E-state index in [1.165, 1.54) is 4.31 Å². The molecule has 162 valence electrons. The molecule has 5 heteroatoms. The molecule has 0 fully saturated rings. The van der Waals surface area contributed by atoms with Crippen molar-refractivity contribution >= 4 is 18.1 Å². The van der Waals surface area contributed by atoms with Crippen LogP contribution >= 0.6 is 0 Å². The van der Waals surface area contributed by atoms with E-state index in [4.69, 9.17) is 0 Å². The maximum Gasteiger partial charge on any atom is 0.244 e. The zero-order valence-corrected chi connectivity index (χ0v) is 21.5. The summed E-state index contributed by atoms with van der Waals surface area (Å²) >= 11 is 0. The van der Waals surface area contributed by atoms with E-state index in [-0.39, 0.29) is 6.54 Å². The van der Waals surface area contributed by atoms with Gasteiger partial charge in [-0.1, -0.05) is 71.2 Å². The van der Waals surface area contributed by atoms with Crippen molar-refractivity contribution in [3.05, 3.63) is 42.5 Å². The normalized spacial score (nSPS) is 13.1. The summed E-state index contributed by atoms with van der Waals surface area (Å²) in [4.78, 5) is 0.292. The molecular weight excluding hydrogens is 394 g/mol. The average Bonchev–Trinajstić information content (AvgIpc) is 2.59.